The monoisotopic (exact) mass is 349 g/mol. The second kappa shape index (κ2) is 8.25. The van der Waals surface area contributed by atoms with Crippen molar-refractivity contribution in [2.24, 2.45) is 0 Å². The molecule has 24 heavy (non-hydrogen) atoms. The Balaban J connectivity index is 1.89. The van der Waals surface area contributed by atoms with Gasteiger partial charge >= 0.3 is 0 Å². The Labute approximate surface area is 143 Å². The molecule has 0 saturated heterocycles. The first kappa shape index (κ1) is 17.7. The van der Waals surface area contributed by atoms with Gasteiger partial charge in [-0.15, -0.1) is 0 Å². The van der Waals surface area contributed by atoms with Gasteiger partial charge in [-0.25, -0.2) is 9.97 Å². The molecule has 0 aliphatic carbocycles. The summed E-state index contributed by atoms with van der Waals surface area (Å²) in [5.74, 6) is 2.13. The lowest BCUT2D eigenvalue weighted by Crippen LogP contribution is -2.13. The third-order valence-corrected chi connectivity index (χ3v) is 3.84. The summed E-state index contributed by atoms with van der Waals surface area (Å²) in [4.78, 5) is 20.1. The number of methoxy groups -OCH3 is 2. The Morgan fingerprint density at radius 1 is 1.17 bits per heavy atom. The van der Waals surface area contributed by atoms with Gasteiger partial charge in [0.05, 0.1) is 19.9 Å². The predicted octanol–water partition coefficient (Wildman–Crippen LogP) is 1.78. The van der Waals surface area contributed by atoms with Crippen LogP contribution in [0.3, 0.4) is 0 Å². The molecule has 1 aromatic carbocycles. The third kappa shape index (κ3) is 4.92. The number of carbonyl (C=O) groups is 1. The van der Waals surface area contributed by atoms with E-state index in [9.17, 15) is 4.79 Å². The number of anilines is 3. The Morgan fingerprint density at radius 2 is 1.88 bits per heavy atom. The molecule has 128 valence electrons. The minimum Gasteiger partial charge on any atom is -0.497 e. The number of thioether (sulfide) groups is 1. The normalized spacial score (nSPS) is 10.2. The maximum Gasteiger partial charge on any atom is 0.225 e. The summed E-state index contributed by atoms with van der Waals surface area (Å²) in [5.41, 5.74) is 11.8. The molecular weight excluding hydrogens is 330 g/mol. The van der Waals surface area contributed by atoms with E-state index in [1.165, 1.54) is 24.9 Å². The summed E-state index contributed by atoms with van der Waals surface area (Å²) in [6.07, 6.45) is 0.276. The van der Waals surface area contributed by atoms with E-state index >= 15 is 0 Å². The van der Waals surface area contributed by atoms with Gasteiger partial charge in [-0.2, -0.15) is 0 Å². The van der Waals surface area contributed by atoms with Gasteiger partial charge in [-0.3, -0.25) is 4.79 Å². The molecule has 0 fully saturated rings. The molecule has 9 heteroatoms. The van der Waals surface area contributed by atoms with Crippen LogP contribution < -0.4 is 26.3 Å². The van der Waals surface area contributed by atoms with E-state index in [0.717, 1.165) is 0 Å². The Hall–Kier alpha value is -2.68. The highest BCUT2D eigenvalue weighted by molar-refractivity contribution is 7.99. The molecular formula is C15H19N5O3S. The fourth-order valence-corrected chi connectivity index (χ4v) is 2.69. The van der Waals surface area contributed by atoms with Crippen LogP contribution >= 0.6 is 11.8 Å². The summed E-state index contributed by atoms with van der Waals surface area (Å²) in [7, 11) is 3.09. The molecule has 0 spiro atoms. The SMILES string of the molecule is COc1ccc(NC(=O)CCSc2nc(N)cc(N)n2)c(OC)c1. The standard InChI is InChI=1S/C15H19N5O3S/c1-22-9-3-4-10(11(7-9)23-2)18-14(21)5-6-24-15-19-12(16)8-13(17)20-15/h3-4,7-8H,5-6H2,1-2H3,(H,18,21)(H4,16,17,19,20). The molecule has 0 bridgehead atoms. The lowest BCUT2D eigenvalue weighted by atomic mass is 10.2. The summed E-state index contributed by atoms with van der Waals surface area (Å²) < 4.78 is 10.4. The van der Waals surface area contributed by atoms with Crippen LogP contribution in [0.1, 0.15) is 6.42 Å². The van der Waals surface area contributed by atoms with Gasteiger partial charge in [-0.1, -0.05) is 11.8 Å². The van der Waals surface area contributed by atoms with Crippen molar-refractivity contribution in [3.8, 4) is 11.5 Å². The lowest BCUT2D eigenvalue weighted by molar-refractivity contribution is -0.115. The highest BCUT2D eigenvalue weighted by Crippen LogP contribution is 2.29. The zero-order chi connectivity index (χ0) is 17.5. The van der Waals surface area contributed by atoms with Crippen molar-refractivity contribution in [2.45, 2.75) is 11.6 Å². The fourth-order valence-electron chi connectivity index (χ4n) is 1.88. The van der Waals surface area contributed by atoms with Crippen LogP contribution in [0.5, 0.6) is 11.5 Å². The van der Waals surface area contributed by atoms with Gasteiger partial charge in [0, 0.05) is 24.3 Å². The van der Waals surface area contributed by atoms with Crippen molar-refractivity contribution in [2.75, 3.05) is 36.8 Å². The molecule has 0 radical (unpaired) electrons. The average molecular weight is 349 g/mol. The number of aromatic nitrogens is 2. The summed E-state index contributed by atoms with van der Waals surface area (Å²) in [5, 5.41) is 3.25. The zero-order valence-electron chi connectivity index (χ0n) is 13.4. The van der Waals surface area contributed by atoms with E-state index in [4.69, 9.17) is 20.9 Å². The van der Waals surface area contributed by atoms with Crippen molar-refractivity contribution in [3.05, 3.63) is 24.3 Å². The first-order valence-electron chi connectivity index (χ1n) is 7.06. The largest absolute Gasteiger partial charge is 0.497 e. The van der Waals surface area contributed by atoms with E-state index in [1.54, 1.807) is 25.3 Å². The van der Waals surface area contributed by atoms with Crippen molar-refractivity contribution in [1.29, 1.82) is 0 Å². The quantitative estimate of drug-likeness (QED) is 0.510. The van der Waals surface area contributed by atoms with Crippen LogP contribution in [0.4, 0.5) is 17.3 Å². The second-order valence-corrected chi connectivity index (χ2v) is 5.78. The number of rotatable bonds is 7. The molecule has 0 aliphatic rings. The maximum absolute atomic E-state index is 12.1. The number of ether oxygens (including phenoxy) is 2. The summed E-state index contributed by atoms with van der Waals surface area (Å²) in [6, 6.07) is 6.65. The predicted molar refractivity (Wildman–Crippen MR) is 94.4 cm³/mol. The molecule has 0 atom stereocenters. The molecule has 0 unspecified atom stereocenters. The average Bonchev–Trinajstić information content (AvgIpc) is 2.54. The molecule has 1 amide bonds. The smallest absolute Gasteiger partial charge is 0.225 e. The zero-order valence-corrected chi connectivity index (χ0v) is 14.2. The topological polar surface area (TPSA) is 125 Å². The van der Waals surface area contributed by atoms with Gasteiger partial charge in [0.25, 0.3) is 0 Å². The van der Waals surface area contributed by atoms with Crippen LogP contribution in [0.25, 0.3) is 0 Å². The van der Waals surface area contributed by atoms with Gasteiger partial charge in [0.15, 0.2) is 5.16 Å². The Bertz CT molecular complexity index is 706. The van der Waals surface area contributed by atoms with E-state index in [-0.39, 0.29) is 12.3 Å². The molecule has 0 aliphatic heterocycles. The molecule has 0 saturated carbocycles. The number of nitrogens with zero attached hydrogens (tertiary/aromatic N) is 2. The molecule has 2 aromatic rings. The van der Waals surface area contributed by atoms with Crippen molar-refractivity contribution in [3.63, 3.8) is 0 Å². The van der Waals surface area contributed by atoms with E-state index in [0.29, 0.717) is 39.7 Å². The number of benzene rings is 1. The van der Waals surface area contributed by atoms with Crippen LogP contribution in [0.15, 0.2) is 29.4 Å². The molecule has 2 rings (SSSR count). The first-order valence-corrected chi connectivity index (χ1v) is 8.05. The number of carbonyl (C=O) groups excluding carboxylic acids is 1. The highest BCUT2D eigenvalue weighted by atomic mass is 32.2. The lowest BCUT2D eigenvalue weighted by Gasteiger charge is -2.11. The van der Waals surface area contributed by atoms with Gasteiger partial charge in [-0.05, 0) is 12.1 Å². The first-order chi connectivity index (χ1) is 11.5. The molecule has 8 nitrogen and oxygen atoms in total. The number of nitrogen functional groups attached to an aromatic ring is 2. The third-order valence-electron chi connectivity index (χ3n) is 2.99. The summed E-state index contributed by atoms with van der Waals surface area (Å²) in [6.45, 7) is 0. The number of nitrogens with two attached hydrogens (primary N) is 2. The van der Waals surface area contributed by atoms with Crippen molar-refractivity contribution < 1.29 is 14.3 Å². The Morgan fingerprint density at radius 3 is 2.50 bits per heavy atom. The number of nitrogens with one attached hydrogen (secondary N) is 1. The minimum absolute atomic E-state index is 0.150. The van der Waals surface area contributed by atoms with Crippen LogP contribution in [-0.2, 0) is 4.79 Å². The van der Waals surface area contributed by atoms with Crippen LogP contribution in [0.2, 0.25) is 0 Å². The van der Waals surface area contributed by atoms with Crippen molar-refractivity contribution >= 4 is 35.0 Å². The molecule has 1 aromatic heterocycles. The van der Waals surface area contributed by atoms with Gasteiger partial charge in [0.1, 0.15) is 23.1 Å². The van der Waals surface area contributed by atoms with E-state index in [1.807, 2.05) is 0 Å². The maximum atomic E-state index is 12.1. The number of hydrogen-bond donors (Lipinski definition) is 3. The minimum atomic E-state index is -0.150. The second-order valence-electron chi connectivity index (χ2n) is 4.71. The Kier molecular flexibility index (Phi) is 6.07. The fraction of sp³-hybridized carbons (Fsp3) is 0.267. The van der Waals surface area contributed by atoms with E-state index in [2.05, 4.69) is 15.3 Å². The van der Waals surface area contributed by atoms with Crippen LogP contribution in [0, 0.1) is 0 Å². The molecule has 5 N–H and O–H groups in total. The van der Waals surface area contributed by atoms with Crippen molar-refractivity contribution in [1.82, 2.24) is 9.97 Å². The van der Waals surface area contributed by atoms with Crippen LogP contribution in [-0.4, -0.2) is 35.8 Å². The molecule has 1 heterocycles. The van der Waals surface area contributed by atoms with E-state index < -0.39 is 0 Å². The van der Waals surface area contributed by atoms with Gasteiger partial charge in [0.2, 0.25) is 5.91 Å². The number of amides is 1. The summed E-state index contributed by atoms with van der Waals surface area (Å²) >= 11 is 1.31. The highest BCUT2D eigenvalue weighted by Gasteiger charge is 2.10. The van der Waals surface area contributed by atoms with Gasteiger partial charge < -0.3 is 26.3 Å². The number of hydrogen-bond acceptors (Lipinski definition) is 8.